The summed E-state index contributed by atoms with van der Waals surface area (Å²) in [5.74, 6) is -0.333. The molecule has 0 saturated carbocycles. The number of aliphatic carboxylic acids is 1. The van der Waals surface area contributed by atoms with Gasteiger partial charge in [-0.05, 0) is 90.4 Å². The number of benzene rings is 3. The van der Waals surface area contributed by atoms with Crippen LogP contribution >= 0.6 is 0 Å². The summed E-state index contributed by atoms with van der Waals surface area (Å²) in [4.78, 5) is 24.4. The minimum absolute atomic E-state index is 0.0952. The first kappa shape index (κ1) is 32.6. The molecule has 3 aromatic carbocycles. The summed E-state index contributed by atoms with van der Waals surface area (Å²) >= 11 is 0. The SMILES string of the molecule is CS(=O)(=O)O.Cc1cc(OCCN2CCCC2=O)cc(C)c1-c1cccc(CNc2ccc(CCC(=O)O)c(F)c2)c1. The first-order chi connectivity index (χ1) is 19.8. The Kier molecular flexibility index (Phi) is 11.5. The highest BCUT2D eigenvalue weighted by Gasteiger charge is 2.19. The van der Waals surface area contributed by atoms with Crippen molar-refractivity contribution in [3.8, 4) is 16.9 Å². The summed E-state index contributed by atoms with van der Waals surface area (Å²) in [6.45, 7) is 6.57. The lowest BCUT2D eigenvalue weighted by Crippen LogP contribution is -2.29. The van der Waals surface area contributed by atoms with E-state index in [1.165, 1.54) is 6.07 Å². The number of amides is 1. The number of ether oxygens (including phenoxy) is 1. The van der Waals surface area contributed by atoms with Gasteiger partial charge in [0.15, 0.2) is 0 Å². The number of nitrogens with zero attached hydrogens (tertiary/aromatic N) is 1. The molecule has 0 bridgehead atoms. The van der Waals surface area contributed by atoms with Crippen LogP contribution in [0.4, 0.5) is 10.1 Å². The van der Waals surface area contributed by atoms with E-state index >= 15 is 0 Å². The van der Waals surface area contributed by atoms with Crippen LogP contribution in [-0.4, -0.2) is 60.8 Å². The third-order valence-corrected chi connectivity index (χ3v) is 6.68. The standard InChI is InChI=1S/C30H33FN2O4.CH4O3S/c1-20-15-26(37-14-13-33-12-4-7-28(33)34)16-21(2)30(20)24-6-3-5-22(17-24)19-32-25-10-8-23(27(31)18-25)9-11-29(35)36;1-5(2,3)4/h3,5-6,8,10,15-18,32H,4,7,9,11-14,19H2,1-2H3,(H,35,36);1H3,(H,2,3,4). The van der Waals surface area contributed by atoms with Crippen LogP contribution in [0.3, 0.4) is 0 Å². The number of hydrogen-bond acceptors (Lipinski definition) is 6. The third-order valence-electron chi connectivity index (χ3n) is 6.68. The molecule has 0 spiro atoms. The van der Waals surface area contributed by atoms with Crippen molar-refractivity contribution in [1.82, 2.24) is 4.90 Å². The highest BCUT2D eigenvalue weighted by Crippen LogP contribution is 2.32. The molecular formula is C31H37FN2O7S. The Hall–Kier alpha value is -3.96. The lowest BCUT2D eigenvalue weighted by molar-refractivity contribution is -0.137. The van der Waals surface area contributed by atoms with Crippen molar-refractivity contribution in [1.29, 1.82) is 0 Å². The molecule has 11 heteroatoms. The van der Waals surface area contributed by atoms with E-state index < -0.39 is 21.9 Å². The zero-order valence-electron chi connectivity index (χ0n) is 24.0. The van der Waals surface area contributed by atoms with Crippen LogP contribution in [0, 0.1) is 19.7 Å². The van der Waals surface area contributed by atoms with Gasteiger partial charge in [-0.25, -0.2) is 4.39 Å². The predicted octanol–water partition coefficient (Wildman–Crippen LogP) is 5.24. The zero-order valence-corrected chi connectivity index (χ0v) is 24.8. The monoisotopic (exact) mass is 600 g/mol. The van der Waals surface area contributed by atoms with E-state index in [0.717, 1.165) is 46.5 Å². The molecule has 1 amide bonds. The Morgan fingerprint density at radius 1 is 1.10 bits per heavy atom. The molecule has 4 rings (SSSR count). The van der Waals surface area contributed by atoms with Crippen molar-refractivity contribution in [3.05, 3.63) is 82.7 Å². The Balaban J connectivity index is 0.000000892. The van der Waals surface area contributed by atoms with Crippen LogP contribution in [-0.2, 0) is 32.7 Å². The van der Waals surface area contributed by atoms with Gasteiger partial charge in [-0.2, -0.15) is 8.42 Å². The Bertz CT molecular complexity index is 1490. The summed E-state index contributed by atoms with van der Waals surface area (Å²) in [5, 5.41) is 12.1. The molecule has 1 aliphatic heterocycles. The van der Waals surface area contributed by atoms with Crippen molar-refractivity contribution >= 4 is 27.7 Å². The topological polar surface area (TPSA) is 133 Å². The van der Waals surface area contributed by atoms with E-state index in [1.54, 1.807) is 12.1 Å². The van der Waals surface area contributed by atoms with E-state index in [9.17, 15) is 22.4 Å². The van der Waals surface area contributed by atoms with E-state index in [0.29, 0.717) is 43.6 Å². The number of carbonyl (C=O) groups excluding carboxylic acids is 1. The van der Waals surface area contributed by atoms with Crippen LogP contribution in [0.2, 0.25) is 0 Å². The minimum atomic E-state index is -3.67. The lowest BCUT2D eigenvalue weighted by Gasteiger charge is -2.18. The van der Waals surface area contributed by atoms with Gasteiger partial charge < -0.3 is 20.1 Å². The molecule has 1 saturated heterocycles. The number of carboxylic acids is 1. The van der Waals surface area contributed by atoms with Crippen LogP contribution < -0.4 is 10.1 Å². The molecule has 226 valence electrons. The summed E-state index contributed by atoms with van der Waals surface area (Å²) in [6.07, 6.45) is 2.36. The third kappa shape index (κ3) is 10.5. The Labute approximate surface area is 246 Å². The minimum Gasteiger partial charge on any atom is -0.492 e. The van der Waals surface area contributed by atoms with Gasteiger partial charge in [-0.1, -0.05) is 24.3 Å². The molecule has 1 fully saturated rings. The number of carbonyl (C=O) groups is 2. The average molecular weight is 601 g/mol. The van der Waals surface area contributed by atoms with Crippen molar-refractivity contribution in [2.24, 2.45) is 0 Å². The van der Waals surface area contributed by atoms with E-state index in [4.69, 9.17) is 14.4 Å². The van der Waals surface area contributed by atoms with Gasteiger partial charge in [0.05, 0.1) is 12.8 Å². The predicted molar refractivity (Wildman–Crippen MR) is 160 cm³/mol. The quantitative estimate of drug-likeness (QED) is 0.255. The van der Waals surface area contributed by atoms with Crippen molar-refractivity contribution in [2.75, 3.05) is 31.3 Å². The van der Waals surface area contributed by atoms with Crippen molar-refractivity contribution in [2.45, 2.75) is 46.1 Å². The van der Waals surface area contributed by atoms with Crippen LogP contribution in [0.5, 0.6) is 5.75 Å². The van der Waals surface area contributed by atoms with Gasteiger partial charge in [0.1, 0.15) is 18.2 Å². The molecule has 0 radical (unpaired) electrons. The fraction of sp³-hybridized carbons (Fsp3) is 0.355. The van der Waals surface area contributed by atoms with Gasteiger partial charge in [0, 0.05) is 31.6 Å². The molecule has 0 aliphatic carbocycles. The van der Waals surface area contributed by atoms with Crippen molar-refractivity contribution in [3.63, 3.8) is 0 Å². The zero-order chi connectivity index (χ0) is 30.9. The number of hydrogen-bond donors (Lipinski definition) is 3. The number of halogens is 1. The Morgan fingerprint density at radius 2 is 1.79 bits per heavy atom. The number of anilines is 1. The number of nitrogens with one attached hydrogen (secondary N) is 1. The van der Waals surface area contributed by atoms with E-state index in [-0.39, 0.29) is 18.7 Å². The first-order valence-electron chi connectivity index (χ1n) is 13.6. The van der Waals surface area contributed by atoms with E-state index in [1.807, 2.05) is 29.2 Å². The Morgan fingerprint density at radius 3 is 2.38 bits per heavy atom. The molecular weight excluding hydrogens is 563 g/mol. The maximum atomic E-state index is 14.3. The van der Waals surface area contributed by atoms with Crippen LogP contribution in [0.15, 0.2) is 54.6 Å². The van der Waals surface area contributed by atoms with E-state index in [2.05, 4.69) is 31.3 Å². The highest BCUT2D eigenvalue weighted by molar-refractivity contribution is 7.85. The molecule has 3 N–H and O–H groups in total. The van der Waals surface area contributed by atoms with Crippen LogP contribution in [0.1, 0.15) is 41.5 Å². The van der Waals surface area contributed by atoms with Gasteiger partial charge in [0.2, 0.25) is 5.91 Å². The maximum Gasteiger partial charge on any atom is 0.303 e. The maximum absolute atomic E-state index is 14.3. The highest BCUT2D eigenvalue weighted by atomic mass is 32.2. The number of likely N-dealkylation sites (tertiary alicyclic amines) is 1. The molecule has 0 aromatic heterocycles. The first-order valence-corrected chi connectivity index (χ1v) is 15.4. The molecule has 9 nitrogen and oxygen atoms in total. The average Bonchev–Trinajstić information content (AvgIpc) is 3.30. The fourth-order valence-corrected chi connectivity index (χ4v) is 4.82. The number of carboxylic acid groups (broad SMARTS) is 1. The molecule has 0 unspecified atom stereocenters. The van der Waals surface area contributed by atoms with Gasteiger partial charge >= 0.3 is 5.97 Å². The second kappa shape index (κ2) is 14.8. The lowest BCUT2D eigenvalue weighted by atomic mass is 9.94. The molecule has 1 aliphatic rings. The van der Waals surface area contributed by atoms with Gasteiger partial charge in [-0.3, -0.25) is 14.1 Å². The van der Waals surface area contributed by atoms with Crippen molar-refractivity contribution < 1.29 is 36.8 Å². The molecule has 0 atom stereocenters. The summed E-state index contributed by atoms with van der Waals surface area (Å²) in [6, 6.07) is 17.1. The summed E-state index contributed by atoms with van der Waals surface area (Å²) in [7, 11) is -3.67. The number of aryl methyl sites for hydroxylation is 3. The summed E-state index contributed by atoms with van der Waals surface area (Å²) in [5.41, 5.74) is 6.57. The fourth-order valence-electron chi connectivity index (χ4n) is 4.82. The smallest absolute Gasteiger partial charge is 0.303 e. The van der Waals surface area contributed by atoms with Gasteiger partial charge in [-0.15, -0.1) is 0 Å². The molecule has 3 aromatic rings. The van der Waals surface area contributed by atoms with Crippen LogP contribution in [0.25, 0.3) is 11.1 Å². The molecule has 42 heavy (non-hydrogen) atoms. The summed E-state index contributed by atoms with van der Waals surface area (Å²) < 4.78 is 46.2. The van der Waals surface area contributed by atoms with Gasteiger partial charge in [0.25, 0.3) is 10.1 Å². The second-order valence-electron chi connectivity index (χ2n) is 10.3. The second-order valence-corrected chi connectivity index (χ2v) is 11.7. The number of rotatable bonds is 11. The normalized spacial score (nSPS) is 13.0. The largest absolute Gasteiger partial charge is 0.492 e. The molecule has 1 heterocycles.